The molecule has 1 rings (SSSR count). The molecule has 51 heavy (non-hydrogen) atoms. The van der Waals surface area contributed by atoms with E-state index in [1.807, 2.05) is 0 Å². The van der Waals surface area contributed by atoms with E-state index in [0.29, 0.717) is 19.3 Å². The van der Waals surface area contributed by atoms with Crippen LogP contribution in [0.2, 0.25) is 0 Å². The van der Waals surface area contributed by atoms with E-state index in [9.17, 15) is 40.5 Å². The second-order valence-corrected chi connectivity index (χ2v) is 15.3. The summed E-state index contributed by atoms with van der Waals surface area (Å²) in [6, 6.07) is -1.16. The molecule has 0 bridgehead atoms. The van der Waals surface area contributed by atoms with Crippen LogP contribution in [-0.2, 0) is 14.3 Å². The third-order valence-corrected chi connectivity index (χ3v) is 10.7. The summed E-state index contributed by atoms with van der Waals surface area (Å²) >= 11 is 0. The van der Waals surface area contributed by atoms with Gasteiger partial charge in [-0.3, -0.25) is 4.79 Å². The predicted octanol–water partition coefficient (Wildman–Crippen LogP) is 5.41. The molecule has 0 radical (unpaired) electrons. The Hall–Kier alpha value is -0.890. The lowest BCUT2D eigenvalue weighted by Crippen LogP contribution is -2.60. The molecule has 304 valence electrons. The van der Waals surface area contributed by atoms with E-state index in [1.54, 1.807) is 0 Å². The molecule has 1 amide bonds. The number of hydrogen-bond acceptors (Lipinski definition) is 10. The fourth-order valence-corrected chi connectivity index (χ4v) is 6.77. The number of carbonyl (C=O) groups is 1. The number of aliphatic hydroxyl groups excluding tert-OH is 7. The Labute approximate surface area is 309 Å². The average molecular weight is 734 g/mol. The van der Waals surface area contributed by atoms with Gasteiger partial charge in [-0.05, 0) is 18.8 Å². The second-order valence-electron chi connectivity index (χ2n) is 15.3. The minimum atomic E-state index is -1.66. The van der Waals surface area contributed by atoms with Crippen LogP contribution < -0.4 is 5.32 Å². The molecule has 0 aromatic heterocycles. The minimum Gasteiger partial charge on any atom is -0.394 e. The highest BCUT2D eigenvalue weighted by molar-refractivity contribution is 5.80. The van der Waals surface area contributed by atoms with Crippen LogP contribution in [0.1, 0.15) is 175 Å². The van der Waals surface area contributed by atoms with Crippen LogP contribution in [0.4, 0.5) is 0 Å². The topological polar surface area (TPSA) is 189 Å². The molecule has 1 unspecified atom stereocenters. The molecule has 0 spiro atoms. The van der Waals surface area contributed by atoms with E-state index in [-0.39, 0.29) is 6.42 Å². The van der Waals surface area contributed by atoms with Crippen molar-refractivity contribution in [3.8, 4) is 0 Å². The smallest absolute Gasteiger partial charge is 0.249 e. The predicted molar refractivity (Wildman–Crippen MR) is 201 cm³/mol. The third kappa shape index (κ3) is 21.6. The average Bonchev–Trinajstić information content (AvgIpc) is 3.13. The van der Waals surface area contributed by atoms with E-state index in [4.69, 9.17) is 9.47 Å². The van der Waals surface area contributed by atoms with Gasteiger partial charge in [0.15, 0.2) is 6.29 Å². The van der Waals surface area contributed by atoms with Crippen LogP contribution >= 0.6 is 0 Å². The van der Waals surface area contributed by atoms with Crippen LogP contribution in [0, 0.1) is 5.92 Å². The molecule has 10 atom stereocenters. The number of unbranched alkanes of at least 4 members (excludes halogenated alkanes) is 18. The molecule has 11 nitrogen and oxygen atoms in total. The molecule has 1 saturated heterocycles. The summed E-state index contributed by atoms with van der Waals surface area (Å²) in [6.45, 7) is 5.72. The molecular weight excluding hydrogens is 654 g/mol. The highest BCUT2D eigenvalue weighted by Crippen LogP contribution is 2.23. The normalized spacial score (nSPS) is 23.8. The monoisotopic (exact) mass is 734 g/mol. The van der Waals surface area contributed by atoms with Gasteiger partial charge in [0.1, 0.15) is 36.6 Å². The Balaban J connectivity index is 2.54. The summed E-state index contributed by atoms with van der Waals surface area (Å²) in [4.78, 5) is 13.0. The Bertz CT molecular complexity index is 820. The zero-order valence-electron chi connectivity index (χ0n) is 32.5. The summed E-state index contributed by atoms with van der Waals surface area (Å²) < 4.78 is 11.0. The molecule has 0 aliphatic carbocycles. The van der Waals surface area contributed by atoms with Crippen LogP contribution in [0.3, 0.4) is 0 Å². The summed E-state index contributed by atoms with van der Waals surface area (Å²) in [5.74, 6) is 0.101. The number of carbonyl (C=O) groups excluding carboxylic acids is 1. The van der Waals surface area contributed by atoms with Gasteiger partial charge in [0.05, 0.1) is 25.4 Å². The molecule has 1 heterocycles. The summed E-state index contributed by atoms with van der Waals surface area (Å²) in [5, 5.41) is 75.3. The van der Waals surface area contributed by atoms with Gasteiger partial charge in [0, 0.05) is 0 Å². The Morgan fingerprint density at radius 1 is 0.667 bits per heavy atom. The van der Waals surface area contributed by atoms with Crippen molar-refractivity contribution in [2.45, 2.75) is 230 Å². The lowest BCUT2D eigenvalue weighted by molar-refractivity contribution is -0.303. The van der Waals surface area contributed by atoms with Crippen molar-refractivity contribution in [1.29, 1.82) is 0 Å². The van der Waals surface area contributed by atoms with E-state index in [1.165, 1.54) is 89.9 Å². The SMILES string of the molecule is CCCCCCCCCCCCCC[C@@H](O)C(=O)N[C@@H](CO[C@@H]1O[C@H](CO)[C@H](O)[C@H](O)[C@H]1O)[C@H](O)[C@H](O)CCCCCCCCCCC(C)CC. The number of amides is 1. The van der Waals surface area contributed by atoms with E-state index < -0.39 is 74.2 Å². The number of hydrogen-bond donors (Lipinski definition) is 8. The van der Waals surface area contributed by atoms with E-state index >= 15 is 0 Å². The van der Waals surface area contributed by atoms with Crippen molar-refractivity contribution < 1.29 is 50.0 Å². The molecule has 0 saturated carbocycles. The van der Waals surface area contributed by atoms with Gasteiger partial charge in [-0.25, -0.2) is 0 Å². The number of rotatable bonds is 33. The van der Waals surface area contributed by atoms with Gasteiger partial charge in [-0.2, -0.15) is 0 Å². The maximum absolute atomic E-state index is 13.0. The third-order valence-electron chi connectivity index (χ3n) is 10.7. The van der Waals surface area contributed by atoms with Crippen LogP contribution in [0.15, 0.2) is 0 Å². The van der Waals surface area contributed by atoms with Gasteiger partial charge in [0.2, 0.25) is 5.91 Å². The zero-order chi connectivity index (χ0) is 37.9. The van der Waals surface area contributed by atoms with Gasteiger partial charge in [0.25, 0.3) is 0 Å². The lowest BCUT2D eigenvalue weighted by atomic mass is 9.98. The first-order chi connectivity index (χ1) is 24.6. The molecular formula is C40H79NO10. The van der Waals surface area contributed by atoms with Gasteiger partial charge in [-0.15, -0.1) is 0 Å². The first-order valence-corrected chi connectivity index (χ1v) is 20.8. The fourth-order valence-electron chi connectivity index (χ4n) is 6.77. The highest BCUT2D eigenvalue weighted by Gasteiger charge is 2.44. The van der Waals surface area contributed by atoms with E-state index in [2.05, 4.69) is 26.1 Å². The zero-order valence-corrected chi connectivity index (χ0v) is 32.5. The van der Waals surface area contributed by atoms with Crippen molar-refractivity contribution in [1.82, 2.24) is 5.32 Å². The molecule has 1 aliphatic heterocycles. The molecule has 8 N–H and O–H groups in total. The van der Waals surface area contributed by atoms with Gasteiger partial charge < -0.3 is 50.5 Å². The van der Waals surface area contributed by atoms with Crippen molar-refractivity contribution >= 4 is 5.91 Å². The van der Waals surface area contributed by atoms with E-state index in [0.717, 1.165) is 44.4 Å². The van der Waals surface area contributed by atoms with Crippen LogP contribution in [0.5, 0.6) is 0 Å². The molecule has 11 heteroatoms. The Morgan fingerprint density at radius 2 is 1.14 bits per heavy atom. The Kier molecular flexibility index (Phi) is 28.7. The highest BCUT2D eigenvalue weighted by atomic mass is 16.7. The molecule has 1 aliphatic rings. The quantitative estimate of drug-likeness (QED) is 0.0405. The number of ether oxygens (including phenoxy) is 2. The van der Waals surface area contributed by atoms with Crippen molar-refractivity contribution in [2.24, 2.45) is 5.92 Å². The Morgan fingerprint density at radius 3 is 1.63 bits per heavy atom. The minimum absolute atomic E-state index is 0.264. The molecule has 1 fully saturated rings. The van der Waals surface area contributed by atoms with Crippen molar-refractivity contribution in [3.05, 3.63) is 0 Å². The summed E-state index contributed by atoms with van der Waals surface area (Å²) in [6.07, 6.45) is 14.5. The van der Waals surface area contributed by atoms with Crippen molar-refractivity contribution in [3.63, 3.8) is 0 Å². The number of aliphatic hydroxyl groups is 7. The largest absolute Gasteiger partial charge is 0.394 e. The number of nitrogens with one attached hydrogen (secondary N) is 1. The standard InChI is InChI=1S/C40H79NO10/c1-4-6-7-8-9-10-11-12-13-18-21-24-27-33(44)39(49)41-31(29-50-40-38(48)37(47)36(46)34(28-42)51-40)35(45)32(43)26-23-20-17-15-14-16-19-22-25-30(3)5-2/h30-38,40,42-48H,4-29H2,1-3H3,(H,41,49)/t30?,31-,32+,33+,34+,35-,36-,37-,38+,40+/m0/s1. The lowest BCUT2D eigenvalue weighted by Gasteiger charge is -2.40. The van der Waals surface area contributed by atoms with Gasteiger partial charge >= 0.3 is 0 Å². The maximum atomic E-state index is 13.0. The van der Waals surface area contributed by atoms with Gasteiger partial charge in [-0.1, -0.05) is 162 Å². The summed E-state index contributed by atoms with van der Waals surface area (Å²) in [7, 11) is 0. The first-order valence-electron chi connectivity index (χ1n) is 20.8. The second kappa shape index (κ2) is 30.4. The molecule has 0 aromatic carbocycles. The van der Waals surface area contributed by atoms with Crippen LogP contribution in [0.25, 0.3) is 0 Å². The molecule has 0 aromatic rings. The summed E-state index contributed by atoms with van der Waals surface area (Å²) in [5.41, 5.74) is 0. The first kappa shape index (κ1) is 48.1. The van der Waals surface area contributed by atoms with Crippen molar-refractivity contribution in [2.75, 3.05) is 13.2 Å². The van der Waals surface area contributed by atoms with Crippen LogP contribution in [-0.4, -0.2) is 110 Å². The maximum Gasteiger partial charge on any atom is 0.249 e. The fraction of sp³-hybridized carbons (Fsp3) is 0.975.